The van der Waals surface area contributed by atoms with Crippen LogP contribution in [0.2, 0.25) is 0 Å². The van der Waals surface area contributed by atoms with Gasteiger partial charge in [-0.15, -0.1) is 0 Å². The molecule has 0 fully saturated rings. The average Bonchev–Trinajstić information content (AvgIpc) is 3.48. The molecule has 0 unspecified atom stereocenters. The molecule has 0 saturated carbocycles. The second-order valence-electron chi connectivity index (χ2n) is 9.18. The van der Waals surface area contributed by atoms with Gasteiger partial charge in [0.25, 0.3) is 0 Å². The predicted molar refractivity (Wildman–Crippen MR) is 143 cm³/mol. The number of hydrogen-bond donors (Lipinski definition) is 0. The van der Waals surface area contributed by atoms with Gasteiger partial charge < -0.3 is 4.42 Å². The summed E-state index contributed by atoms with van der Waals surface area (Å²) in [7, 11) is 0. The monoisotopic (exact) mass is 451 g/mol. The number of fused-ring (bicyclic) bond motifs is 5. The predicted octanol–water partition coefficient (Wildman–Crippen LogP) is 8.01. The van der Waals surface area contributed by atoms with Gasteiger partial charge in [0.1, 0.15) is 11.2 Å². The van der Waals surface area contributed by atoms with Gasteiger partial charge >= 0.3 is 0 Å². The van der Waals surface area contributed by atoms with Crippen LogP contribution in [0.15, 0.2) is 95.6 Å². The van der Waals surface area contributed by atoms with E-state index in [-0.39, 0.29) is 0 Å². The molecular weight excluding hydrogens is 430 g/mol. The van der Waals surface area contributed by atoms with Crippen LogP contribution in [0.1, 0.15) is 23.4 Å². The summed E-state index contributed by atoms with van der Waals surface area (Å²) in [5.74, 6) is 0.916. The highest BCUT2D eigenvalue weighted by Gasteiger charge is 2.27. The van der Waals surface area contributed by atoms with E-state index >= 15 is 0 Å². The topological polar surface area (TPSA) is 34.2 Å². The van der Waals surface area contributed by atoms with Crippen molar-refractivity contribution in [3.63, 3.8) is 0 Å². The Bertz CT molecular complexity index is 1850. The summed E-state index contributed by atoms with van der Waals surface area (Å²) in [6, 6.07) is 27.5. The molecule has 4 nitrogen and oxygen atoms in total. The fourth-order valence-corrected chi connectivity index (χ4v) is 5.71. The molecule has 8 rings (SSSR count). The molecule has 2 aliphatic rings. The number of anilines is 2. The van der Waals surface area contributed by atoms with E-state index in [1.165, 1.54) is 27.4 Å². The van der Waals surface area contributed by atoms with Crippen LogP contribution in [0.4, 0.5) is 11.6 Å². The molecule has 0 spiro atoms. The van der Waals surface area contributed by atoms with Crippen molar-refractivity contribution in [1.82, 2.24) is 9.55 Å². The van der Waals surface area contributed by atoms with Crippen molar-refractivity contribution >= 4 is 56.5 Å². The molecular formula is C31H21N3O. The van der Waals surface area contributed by atoms with Crippen molar-refractivity contribution in [3.8, 4) is 5.69 Å². The Morgan fingerprint density at radius 1 is 0.800 bits per heavy atom. The fourth-order valence-electron chi connectivity index (χ4n) is 5.71. The zero-order chi connectivity index (χ0) is 22.9. The first-order valence-electron chi connectivity index (χ1n) is 12.0. The van der Waals surface area contributed by atoms with Gasteiger partial charge in [-0.3, -0.25) is 9.47 Å². The summed E-state index contributed by atoms with van der Waals surface area (Å²) in [5.41, 5.74) is 7.64. The normalized spacial score (nSPS) is 14.3. The Balaban J connectivity index is 1.43. The summed E-state index contributed by atoms with van der Waals surface area (Å²) in [5, 5.41) is 4.72. The second-order valence-corrected chi connectivity index (χ2v) is 9.18. The number of benzene rings is 4. The zero-order valence-corrected chi connectivity index (χ0v) is 19.0. The Morgan fingerprint density at radius 2 is 1.69 bits per heavy atom. The van der Waals surface area contributed by atoms with Gasteiger partial charge in [-0.2, -0.15) is 0 Å². The molecule has 0 saturated heterocycles. The Morgan fingerprint density at radius 3 is 2.63 bits per heavy atom. The van der Waals surface area contributed by atoms with Gasteiger partial charge in [0, 0.05) is 28.0 Å². The van der Waals surface area contributed by atoms with E-state index in [1.54, 1.807) is 0 Å². The van der Waals surface area contributed by atoms with Gasteiger partial charge in [0.05, 0.1) is 17.1 Å². The molecule has 6 aromatic rings. The van der Waals surface area contributed by atoms with E-state index in [9.17, 15) is 0 Å². The lowest BCUT2D eigenvalue weighted by molar-refractivity contribution is 0.669. The zero-order valence-electron chi connectivity index (χ0n) is 19.0. The maximum absolute atomic E-state index is 6.24. The van der Waals surface area contributed by atoms with Crippen molar-refractivity contribution in [3.05, 3.63) is 108 Å². The van der Waals surface area contributed by atoms with E-state index in [0.29, 0.717) is 0 Å². The van der Waals surface area contributed by atoms with Crippen molar-refractivity contribution in [1.29, 1.82) is 0 Å². The molecule has 0 atom stereocenters. The number of hydrogen-bond acceptors (Lipinski definition) is 3. The molecule has 1 aliphatic carbocycles. The molecule has 1 aliphatic heterocycles. The first kappa shape index (κ1) is 18.8. The number of nitrogens with zero attached hydrogens (tertiary/aromatic N) is 3. The summed E-state index contributed by atoms with van der Waals surface area (Å²) in [6.45, 7) is 0. The largest absolute Gasteiger partial charge is 0.456 e. The van der Waals surface area contributed by atoms with Crippen LogP contribution >= 0.6 is 0 Å². The van der Waals surface area contributed by atoms with Crippen LogP contribution in [0, 0.1) is 0 Å². The molecule has 3 heterocycles. The van der Waals surface area contributed by atoms with Gasteiger partial charge in [0.2, 0.25) is 5.95 Å². The van der Waals surface area contributed by atoms with Crippen LogP contribution in [0.25, 0.3) is 50.6 Å². The minimum atomic E-state index is 0.916. The number of para-hydroxylation sites is 2. The lowest BCUT2D eigenvalue weighted by Gasteiger charge is -2.27. The van der Waals surface area contributed by atoms with Crippen LogP contribution in [0.5, 0.6) is 0 Å². The molecule has 35 heavy (non-hydrogen) atoms. The minimum Gasteiger partial charge on any atom is -0.456 e. The van der Waals surface area contributed by atoms with Crippen LogP contribution < -0.4 is 4.90 Å². The highest BCUT2D eigenvalue weighted by atomic mass is 16.3. The Kier molecular flexibility index (Phi) is 3.74. The average molecular weight is 452 g/mol. The second kappa shape index (κ2) is 6.97. The van der Waals surface area contributed by atoms with E-state index in [0.717, 1.165) is 52.4 Å². The molecule has 4 aromatic carbocycles. The molecule has 4 heteroatoms. The van der Waals surface area contributed by atoms with Gasteiger partial charge in [0.15, 0.2) is 0 Å². The highest BCUT2D eigenvalue weighted by molar-refractivity contribution is 6.19. The third-order valence-corrected chi connectivity index (χ3v) is 7.21. The first-order valence-corrected chi connectivity index (χ1v) is 12.0. The maximum Gasteiger partial charge on any atom is 0.219 e. The first-order chi connectivity index (χ1) is 17.4. The third kappa shape index (κ3) is 2.59. The lowest BCUT2D eigenvalue weighted by Crippen LogP contribution is -2.17. The van der Waals surface area contributed by atoms with Gasteiger partial charge in [-0.05, 0) is 66.3 Å². The fraction of sp³-hybridized carbons (Fsp3) is 0.0645. The van der Waals surface area contributed by atoms with Gasteiger partial charge in [-0.25, -0.2) is 4.98 Å². The van der Waals surface area contributed by atoms with Crippen LogP contribution in [0.3, 0.4) is 0 Å². The Labute approximate surface area is 202 Å². The number of allylic oxidation sites excluding steroid dienone is 1. The van der Waals surface area contributed by atoms with Crippen molar-refractivity contribution in [2.75, 3.05) is 4.90 Å². The molecule has 0 bridgehead atoms. The number of aromatic nitrogens is 2. The number of rotatable bonds is 2. The Hall–Kier alpha value is -4.57. The molecule has 0 radical (unpaired) electrons. The van der Waals surface area contributed by atoms with Crippen molar-refractivity contribution in [2.45, 2.75) is 12.8 Å². The van der Waals surface area contributed by atoms with E-state index in [1.807, 2.05) is 12.1 Å². The van der Waals surface area contributed by atoms with Crippen molar-refractivity contribution in [2.24, 2.45) is 0 Å². The minimum absolute atomic E-state index is 0.916. The summed E-state index contributed by atoms with van der Waals surface area (Å²) in [6.07, 6.45) is 10.8. The lowest BCUT2D eigenvalue weighted by atomic mass is 9.95. The quantitative estimate of drug-likeness (QED) is 0.267. The SMILES string of the molecule is C1=Cc2nc(N3C=Cc4c5c3cccc5cc3oc5ccccc5c43)n(-c3ccccc3)c2CC1. The smallest absolute Gasteiger partial charge is 0.219 e. The number of furan rings is 1. The highest BCUT2D eigenvalue weighted by Crippen LogP contribution is 2.45. The molecule has 2 aromatic heterocycles. The summed E-state index contributed by atoms with van der Waals surface area (Å²) < 4.78 is 8.56. The van der Waals surface area contributed by atoms with Crippen molar-refractivity contribution < 1.29 is 4.42 Å². The summed E-state index contributed by atoms with van der Waals surface area (Å²) >= 11 is 0. The maximum atomic E-state index is 6.24. The third-order valence-electron chi connectivity index (χ3n) is 7.21. The van der Waals surface area contributed by atoms with E-state index in [2.05, 4.69) is 101 Å². The van der Waals surface area contributed by atoms with E-state index in [4.69, 9.17) is 9.40 Å². The standard InChI is InChI=1S/C31H21N3O/c1-2-10-21(11-3-1)34-25-14-6-5-13-24(25)32-31(34)33-18-17-23-29-20(9-8-15-26(29)33)19-28-30(23)22-12-4-7-16-27(22)35-28/h1-5,7-13,15-19H,6,14H2. The summed E-state index contributed by atoms with van der Waals surface area (Å²) in [4.78, 5) is 7.38. The number of imidazole rings is 1. The molecule has 0 N–H and O–H groups in total. The van der Waals surface area contributed by atoms with E-state index < -0.39 is 0 Å². The van der Waals surface area contributed by atoms with Gasteiger partial charge in [-0.1, -0.05) is 54.6 Å². The van der Waals surface area contributed by atoms with Crippen LogP contribution in [-0.2, 0) is 6.42 Å². The molecule has 166 valence electrons. The molecule has 0 amide bonds. The van der Waals surface area contributed by atoms with Crippen LogP contribution in [-0.4, -0.2) is 9.55 Å².